The van der Waals surface area contributed by atoms with E-state index in [1.165, 1.54) is 18.8 Å². The zero-order valence-electron chi connectivity index (χ0n) is 14.3. The number of hydrogen-bond acceptors (Lipinski definition) is 5. The molecule has 2 rings (SSSR count). The SMILES string of the molecule is CCn1cc(C(=O)NCCOC)c2cc(OC)c(OC)cc2c1=O. The summed E-state index contributed by atoms with van der Waals surface area (Å²) in [4.78, 5) is 25.1. The van der Waals surface area contributed by atoms with Crippen LogP contribution in [0, 0.1) is 0 Å². The van der Waals surface area contributed by atoms with Gasteiger partial charge in [-0.05, 0) is 19.1 Å². The molecule has 0 atom stereocenters. The molecule has 1 aromatic heterocycles. The van der Waals surface area contributed by atoms with Crippen LogP contribution in [0.15, 0.2) is 23.1 Å². The summed E-state index contributed by atoms with van der Waals surface area (Å²) in [6.45, 7) is 3.10. The fraction of sp³-hybridized carbons (Fsp3) is 0.412. The molecule has 0 saturated heterocycles. The number of amides is 1. The Kier molecular flexibility index (Phi) is 5.81. The fourth-order valence-electron chi connectivity index (χ4n) is 2.50. The van der Waals surface area contributed by atoms with Gasteiger partial charge in [0.05, 0.1) is 31.8 Å². The molecule has 0 aliphatic carbocycles. The quantitative estimate of drug-likeness (QED) is 0.775. The van der Waals surface area contributed by atoms with E-state index in [9.17, 15) is 9.59 Å². The van der Waals surface area contributed by atoms with Crippen molar-refractivity contribution in [1.29, 1.82) is 0 Å². The molecular weight excluding hydrogens is 312 g/mol. The Labute approximate surface area is 140 Å². The van der Waals surface area contributed by atoms with Gasteiger partial charge in [0, 0.05) is 31.8 Å². The van der Waals surface area contributed by atoms with Crippen LogP contribution in [0.2, 0.25) is 0 Å². The Morgan fingerprint density at radius 2 is 1.75 bits per heavy atom. The van der Waals surface area contributed by atoms with Crippen LogP contribution in [0.5, 0.6) is 11.5 Å². The van der Waals surface area contributed by atoms with Gasteiger partial charge in [0.15, 0.2) is 11.5 Å². The lowest BCUT2D eigenvalue weighted by atomic mass is 10.1. The number of benzene rings is 1. The summed E-state index contributed by atoms with van der Waals surface area (Å²) < 4.78 is 17.0. The van der Waals surface area contributed by atoms with Crippen LogP contribution < -0.4 is 20.3 Å². The third-order valence-electron chi connectivity index (χ3n) is 3.77. The lowest BCUT2D eigenvalue weighted by Crippen LogP contribution is -2.29. The minimum Gasteiger partial charge on any atom is -0.493 e. The molecule has 2 aromatic rings. The molecule has 0 saturated carbocycles. The number of hydrogen-bond donors (Lipinski definition) is 1. The van der Waals surface area contributed by atoms with Gasteiger partial charge in [0.25, 0.3) is 11.5 Å². The first-order chi connectivity index (χ1) is 11.6. The molecule has 1 heterocycles. The molecule has 0 fully saturated rings. The van der Waals surface area contributed by atoms with Crippen molar-refractivity contribution in [3.05, 3.63) is 34.2 Å². The smallest absolute Gasteiger partial charge is 0.258 e. The van der Waals surface area contributed by atoms with E-state index in [-0.39, 0.29) is 11.5 Å². The second-order valence-corrected chi connectivity index (χ2v) is 5.14. The van der Waals surface area contributed by atoms with Gasteiger partial charge >= 0.3 is 0 Å². The second kappa shape index (κ2) is 7.83. The summed E-state index contributed by atoms with van der Waals surface area (Å²) in [7, 11) is 4.58. The molecule has 130 valence electrons. The number of rotatable bonds is 7. The maximum atomic E-state index is 12.6. The number of carbonyl (C=O) groups excluding carboxylic acids is 1. The monoisotopic (exact) mass is 334 g/mol. The summed E-state index contributed by atoms with van der Waals surface area (Å²) in [5.74, 6) is 0.637. The van der Waals surface area contributed by atoms with Crippen molar-refractivity contribution in [1.82, 2.24) is 9.88 Å². The third kappa shape index (κ3) is 3.35. The Balaban J connectivity index is 2.66. The van der Waals surface area contributed by atoms with E-state index in [4.69, 9.17) is 14.2 Å². The van der Waals surface area contributed by atoms with Crippen LogP contribution in [-0.4, -0.2) is 45.0 Å². The van der Waals surface area contributed by atoms with Crippen LogP contribution in [0.4, 0.5) is 0 Å². The number of pyridine rings is 1. The Bertz CT molecular complexity index is 798. The zero-order chi connectivity index (χ0) is 17.7. The van der Waals surface area contributed by atoms with E-state index >= 15 is 0 Å². The van der Waals surface area contributed by atoms with E-state index in [1.807, 2.05) is 6.92 Å². The second-order valence-electron chi connectivity index (χ2n) is 5.14. The lowest BCUT2D eigenvalue weighted by molar-refractivity contribution is 0.0938. The first kappa shape index (κ1) is 17.8. The molecule has 7 nitrogen and oxygen atoms in total. The first-order valence-electron chi connectivity index (χ1n) is 7.63. The summed E-state index contributed by atoms with van der Waals surface area (Å²) in [6.07, 6.45) is 1.57. The normalized spacial score (nSPS) is 10.7. The third-order valence-corrected chi connectivity index (χ3v) is 3.77. The minimum absolute atomic E-state index is 0.179. The molecule has 7 heteroatoms. The number of fused-ring (bicyclic) bond motifs is 1. The van der Waals surface area contributed by atoms with Crippen LogP contribution in [0.1, 0.15) is 17.3 Å². The van der Waals surface area contributed by atoms with Gasteiger partial charge in [-0.2, -0.15) is 0 Å². The maximum Gasteiger partial charge on any atom is 0.258 e. The van der Waals surface area contributed by atoms with Gasteiger partial charge in [-0.25, -0.2) is 0 Å². The van der Waals surface area contributed by atoms with Crippen LogP contribution >= 0.6 is 0 Å². The van der Waals surface area contributed by atoms with Crippen molar-refractivity contribution >= 4 is 16.7 Å². The van der Waals surface area contributed by atoms with Crippen molar-refractivity contribution in [3.8, 4) is 11.5 Å². The van der Waals surface area contributed by atoms with Gasteiger partial charge in [0.2, 0.25) is 0 Å². The number of carbonyl (C=O) groups is 1. The molecule has 1 amide bonds. The van der Waals surface area contributed by atoms with Crippen molar-refractivity contribution in [2.45, 2.75) is 13.5 Å². The average Bonchev–Trinajstić information content (AvgIpc) is 2.61. The molecular formula is C17H22N2O5. The van der Waals surface area contributed by atoms with E-state index in [0.717, 1.165) is 0 Å². The van der Waals surface area contributed by atoms with Gasteiger partial charge in [0.1, 0.15) is 0 Å². The van der Waals surface area contributed by atoms with Crippen LogP contribution in [-0.2, 0) is 11.3 Å². The lowest BCUT2D eigenvalue weighted by Gasteiger charge is -2.14. The summed E-state index contributed by atoms with van der Waals surface area (Å²) >= 11 is 0. The summed E-state index contributed by atoms with van der Waals surface area (Å²) in [5.41, 5.74) is 0.227. The molecule has 1 N–H and O–H groups in total. The van der Waals surface area contributed by atoms with Gasteiger partial charge in [-0.1, -0.05) is 0 Å². The fourth-order valence-corrected chi connectivity index (χ4v) is 2.50. The molecule has 0 aliphatic heterocycles. The first-order valence-corrected chi connectivity index (χ1v) is 7.63. The molecule has 0 aliphatic rings. The van der Waals surface area contributed by atoms with E-state index in [1.54, 1.807) is 25.4 Å². The Morgan fingerprint density at radius 1 is 1.12 bits per heavy atom. The van der Waals surface area contributed by atoms with Gasteiger partial charge < -0.3 is 24.1 Å². The van der Waals surface area contributed by atoms with E-state index < -0.39 is 0 Å². The van der Waals surface area contributed by atoms with Crippen molar-refractivity contribution in [2.75, 3.05) is 34.5 Å². The summed E-state index contributed by atoms with van der Waals surface area (Å²) in [6, 6.07) is 3.26. The standard InChI is InChI=1S/C17H22N2O5/c1-5-19-10-13(16(20)18-6-7-22-2)11-8-14(23-3)15(24-4)9-12(11)17(19)21/h8-10H,5-7H2,1-4H3,(H,18,20). The molecule has 0 bridgehead atoms. The highest BCUT2D eigenvalue weighted by Crippen LogP contribution is 2.32. The topological polar surface area (TPSA) is 78.8 Å². The molecule has 0 unspecified atom stereocenters. The van der Waals surface area contributed by atoms with Crippen LogP contribution in [0.25, 0.3) is 10.8 Å². The number of nitrogens with zero attached hydrogens (tertiary/aromatic N) is 1. The number of methoxy groups -OCH3 is 3. The molecule has 0 radical (unpaired) electrons. The number of aryl methyl sites for hydroxylation is 1. The Morgan fingerprint density at radius 3 is 2.29 bits per heavy atom. The van der Waals surface area contributed by atoms with E-state index in [0.29, 0.717) is 47.5 Å². The van der Waals surface area contributed by atoms with Gasteiger partial charge in [-0.15, -0.1) is 0 Å². The highest BCUT2D eigenvalue weighted by molar-refractivity contribution is 6.07. The predicted molar refractivity (Wildman–Crippen MR) is 91.2 cm³/mol. The highest BCUT2D eigenvalue weighted by Gasteiger charge is 2.17. The van der Waals surface area contributed by atoms with Gasteiger partial charge in [-0.3, -0.25) is 9.59 Å². The largest absolute Gasteiger partial charge is 0.493 e. The average molecular weight is 334 g/mol. The number of aromatic nitrogens is 1. The zero-order valence-corrected chi connectivity index (χ0v) is 14.3. The summed E-state index contributed by atoms with van der Waals surface area (Å²) in [5, 5.41) is 3.71. The predicted octanol–water partition coefficient (Wildman–Crippen LogP) is 1.41. The number of ether oxygens (including phenoxy) is 3. The van der Waals surface area contributed by atoms with E-state index in [2.05, 4.69) is 5.32 Å². The van der Waals surface area contributed by atoms with Crippen molar-refractivity contribution in [2.24, 2.45) is 0 Å². The highest BCUT2D eigenvalue weighted by atomic mass is 16.5. The molecule has 0 spiro atoms. The molecule has 1 aromatic carbocycles. The Hall–Kier alpha value is -2.54. The maximum absolute atomic E-state index is 12.6. The minimum atomic E-state index is -0.272. The van der Waals surface area contributed by atoms with Crippen molar-refractivity contribution < 1.29 is 19.0 Å². The molecule has 24 heavy (non-hydrogen) atoms. The van der Waals surface area contributed by atoms with Crippen LogP contribution in [0.3, 0.4) is 0 Å². The number of nitrogens with one attached hydrogen (secondary N) is 1. The van der Waals surface area contributed by atoms with Crippen molar-refractivity contribution in [3.63, 3.8) is 0 Å².